The van der Waals surface area contributed by atoms with Gasteiger partial charge in [0.1, 0.15) is 42.3 Å². The van der Waals surface area contributed by atoms with Crippen LogP contribution < -0.4 is 20.9 Å². The first-order valence-corrected chi connectivity index (χ1v) is 17.5. The van der Waals surface area contributed by atoms with Crippen LogP contribution in [0, 0.1) is 11.8 Å². The molecule has 0 aliphatic rings. The van der Waals surface area contributed by atoms with E-state index in [0.717, 1.165) is 24.5 Å². The van der Waals surface area contributed by atoms with Gasteiger partial charge in [0, 0.05) is 24.0 Å². The van der Waals surface area contributed by atoms with Gasteiger partial charge in [-0.05, 0) is 74.4 Å². The summed E-state index contributed by atoms with van der Waals surface area (Å²) in [6.07, 6.45) is 0.0148. The van der Waals surface area contributed by atoms with E-state index >= 15 is 0 Å². The van der Waals surface area contributed by atoms with Crippen LogP contribution in [0.4, 0.5) is 22.0 Å². The molecule has 54 heavy (non-hydrogen) atoms. The van der Waals surface area contributed by atoms with Crippen molar-refractivity contribution < 1.29 is 36.5 Å². The number of hydrogen-bond acceptors (Lipinski definition) is 10. The Labute approximate surface area is 310 Å². The van der Waals surface area contributed by atoms with Crippen molar-refractivity contribution >= 4 is 5.65 Å². The number of alkyl halides is 5. The molecule has 0 aliphatic carbocycles. The van der Waals surface area contributed by atoms with Gasteiger partial charge in [0.15, 0.2) is 5.65 Å². The molecule has 3 unspecified atom stereocenters. The van der Waals surface area contributed by atoms with E-state index < -0.39 is 54.6 Å². The Hall–Kier alpha value is -4.80. The van der Waals surface area contributed by atoms with Crippen LogP contribution >= 0.6 is 0 Å². The molecule has 5 aromatic heterocycles. The van der Waals surface area contributed by atoms with E-state index in [-0.39, 0.29) is 53.3 Å². The second-order valence-corrected chi connectivity index (χ2v) is 14.4. The second kappa shape index (κ2) is 17.1. The molecule has 0 fully saturated rings. The quantitative estimate of drug-likeness (QED) is 0.0775. The number of pyridine rings is 3. The van der Waals surface area contributed by atoms with Crippen LogP contribution in [0.3, 0.4) is 0 Å². The van der Waals surface area contributed by atoms with E-state index in [4.69, 9.17) is 20.9 Å². The molecule has 0 saturated carbocycles. The fourth-order valence-electron chi connectivity index (χ4n) is 6.65. The van der Waals surface area contributed by atoms with Gasteiger partial charge in [-0.1, -0.05) is 20.8 Å². The summed E-state index contributed by atoms with van der Waals surface area (Å²) in [6, 6.07) is 10.4. The standard InChI is InChI=1S/C38H45F5N8O3/c1-22(2)16-37(4,44)33(54-31-6-5-26(50-29(31)18-39)30-8-11-47-34-9-12-49-51(30)34)13-23(3)17-38(45,20-52)21-53-32-19-48-27(15-25(32)35(40)41)24-7-10-46-28(14-24)36(42)43/h5-12,14-15,19,22-23,33,35-36,52H,13,16-18,20-21,44-45H2,1-4H3/t23?,33?,37-,38?/m0/s1. The van der Waals surface area contributed by atoms with Crippen LogP contribution in [0.2, 0.25) is 0 Å². The molecule has 4 atom stereocenters. The van der Waals surface area contributed by atoms with Gasteiger partial charge in [-0.2, -0.15) is 5.10 Å². The van der Waals surface area contributed by atoms with E-state index in [1.807, 2.05) is 27.7 Å². The molecule has 0 saturated heterocycles. The van der Waals surface area contributed by atoms with Crippen molar-refractivity contribution in [1.29, 1.82) is 0 Å². The summed E-state index contributed by atoms with van der Waals surface area (Å²) in [5.74, 6) is -0.112. The van der Waals surface area contributed by atoms with Crippen molar-refractivity contribution in [2.45, 2.75) is 83.7 Å². The highest BCUT2D eigenvalue weighted by atomic mass is 19.3. The number of fused-ring (bicyclic) bond motifs is 1. The molecule has 0 bridgehead atoms. The Bertz CT molecular complexity index is 2010. The number of hydrogen-bond donors (Lipinski definition) is 3. The van der Waals surface area contributed by atoms with Gasteiger partial charge in [0.25, 0.3) is 12.9 Å². The lowest BCUT2D eigenvalue weighted by molar-refractivity contribution is 0.0625. The summed E-state index contributed by atoms with van der Waals surface area (Å²) in [5.41, 5.74) is 12.2. The minimum atomic E-state index is -2.99. The predicted octanol–water partition coefficient (Wildman–Crippen LogP) is 7.29. The number of rotatable bonds is 18. The number of aliphatic hydroxyl groups excluding tert-OH is 1. The fourth-order valence-corrected chi connectivity index (χ4v) is 6.65. The van der Waals surface area contributed by atoms with Crippen LogP contribution in [0.25, 0.3) is 28.3 Å². The molecule has 0 spiro atoms. The molecule has 16 heteroatoms. The molecule has 0 aliphatic heterocycles. The minimum absolute atomic E-state index is 0.0300. The zero-order chi connectivity index (χ0) is 39.2. The zero-order valence-electron chi connectivity index (χ0n) is 30.5. The molecule has 5 aromatic rings. The summed E-state index contributed by atoms with van der Waals surface area (Å²) < 4.78 is 83.1. The van der Waals surface area contributed by atoms with E-state index in [2.05, 4.69) is 25.0 Å². The van der Waals surface area contributed by atoms with Crippen LogP contribution in [0.5, 0.6) is 11.5 Å². The highest BCUT2D eigenvalue weighted by Crippen LogP contribution is 2.35. The fraction of sp³-hybridized carbons (Fsp3) is 0.447. The number of halogens is 5. The lowest BCUT2D eigenvalue weighted by Crippen LogP contribution is -2.54. The average molecular weight is 757 g/mol. The van der Waals surface area contributed by atoms with Gasteiger partial charge < -0.3 is 26.0 Å². The topological polar surface area (TPSA) is 160 Å². The highest BCUT2D eigenvalue weighted by molar-refractivity contribution is 5.62. The molecule has 0 amide bonds. The third kappa shape index (κ3) is 9.65. The summed E-state index contributed by atoms with van der Waals surface area (Å²) in [4.78, 5) is 16.6. The van der Waals surface area contributed by atoms with Gasteiger partial charge >= 0.3 is 0 Å². The van der Waals surface area contributed by atoms with Crippen molar-refractivity contribution in [3.8, 4) is 34.1 Å². The maximum absolute atomic E-state index is 14.5. The Kier molecular flexibility index (Phi) is 12.8. The van der Waals surface area contributed by atoms with Crippen LogP contribution in [0.15, 0.2) is 67.3 Å². The SMILES string of the molecule is CC(C)C[C@](C)(N)C(CC(C)CC(N)(CO)COc1cnc(-c2ccnc(C(F)F)c2)cc1C(F)F)Oc1ccc(-c2ccnc3ccnn23)nc1CF. The van der Waals surface area contributed by atoms with Crippen molar-refractivity contribution in [2.24, 2.45) is 23.3 Å². The first-order chi connectivity index (χ1) is 25.6. The Balaban J connectivity index is 1.33. The van der Waals surface area contributed by atoms with Gasteiger partial charge in [0.05, 0.1) is 52.7 Å². The first-order valence-electron chi connectivity index (χ1n) is 17.5. The molecule has 5 heterocycles. The molecule has 290 valence electrons. The first kappa shape index (κ1) is 40.4. The lowest BCUT2D eigenvalue weighted by atomic mass is 9.79. The normalized spacial score (nSPS) is 15.4. The minimum Gasteiger partial charge on any atom is -0.489 e. The molecular formula is C38H45F5N8O3. The number of aliphatic hydroxyl groups is 1. The van der Waals surface area contributed by atoms with Gasteiger partial charge in [-0.25, -0.2) is 36.4 Å². The Morgan fingerprint density at radius 2 is 1.63 bits per heavy atom. The number of nitrogens with zero attached hydrogens (tertiary/aromatic N) is 6. The summed E-state index contributed by atoms with van der Waals surface area (Å²) in [7, 11) is 0. The smallest absolute Gasteiger partial charge is 0.280 e. The van der Waals surface area contributed by atoms with Crippen molar-refractivity contribution in [3.05, 3.63) is 84.2 Å². The van der Waals surface area contributed by atoms with Gasteiger partial charge in [0.2, 0.25) is 0 Å². The highest BCUT2D eigenvalue weighted by Gasteiger charge is 2.37. The second-order valence-electron chi connectivity index (χ2n) is 14.4. The van der Waals surface area contributed by atoms with Crippen molar-refractivity contribution in [2.75, 3.05) is 13.2 Å². The summed E-state index contributed by atoms with van der Waals surface area (Å²) in [5, 5.41) is 14.7. The zero-order valence-corrected chi connectivity index (χ0v) is 30.5. The molecule has 5 rings (SSSR count). The summed E-state index contributed by atoms with van der Waals surface area (Å²) in [6.45, 7) is 5.99. The molecule has 0 radical (unpaired) electrons. The number of nitrogens with two attached hydrogens (primary N) is 2. The predicted molar refractivity (Wildman–Crippen MR) is 193 cm³/mol. The van der Waals surface area contributed by atoms with E-state index in [9.17, 15) is 27.1 Å². The van der Waals surface area contributed by atoms with Crippen molar-refractivity contribution in [3.63, 3.8) is 0 Å². The average Bonchev–Trinajstić information content (AvgIpc) is 3.63. The van der Waals surface area contributed by atoms with Crippen LogP contribution in [0.1, 0.15) is 76.8 Å². The van der Waals surface area contributed by atoms with Gasteiger partial charge in [-0.3, -0.25) is 9.97 Å². The number of ether oxygens (including phenoxy) is 2. The number of aromatic nitrogens is 6. The Morgan fingerprint density at radius 1 is 0.870 bits per heavy atom. The third-order valence-electron chi connectivity index (χ3n) is 9.10. The molecule has 0 aromatic carbocycles. The molecule has 11 nitrogen and oxygen atoms in total. The molecule has 5 N–H and O–H groups in total. The van der Waals surface area contributed by atoms with E-state index in [0.29, 0.717) is 29.9 Å². The maximum Gasteiger partial charge on any atom is 0.280 e. The van der Waals surface area contributed by atoms with Gasteiger partial charge in [-0.15, -0.1) is 0 Å². The van der Waals surface area contributed by atoms with Crippen molar-refractivity contribution in [1.82, 2.24) is 29.5 Å². The monoisotopic (exact) mass is 756 g/mol. The third-order valence-corrected chi connectivity index (χ3v) is 9.10. The lowest BCUT2D eigenvalue weighted by Gasteiger charge is -2.39. The van der Waals surface area contributed by atoms with E-state index in [1.165, 1.54) is 6.07 Å². The molecular weight excluding hydrogens is 711 g/mol. The summed E-state index contributed by atoms with van der Waals surface area (Å²) >= 11 is 0. The van der Waals surface area contributed by atoms with E-state index in [1.54, 1.807) is 41.2 Å². The van der Waals surface area contributed by atoms with Crippen LogP contribution in [-0.2, 0) is 6.67 Å². The van der Waals surface area contributed by atoms with Crippen LogP contribution in [-0.4, -0.2) is 65.1 Å². The Morgan fingerprint density at radius 3 is 2.31 bits per heavy atom. The maximum atomic E-state index is 14.5. The largest absolute Gasteiger partial charge is 0.489 e.